The van der Waals surface area contributed by atoms with Crippen LogP contribution in [0, 0.1) is 0 Å². The van der Waals surface area contributed by atoms with Crippen LogP contribution < -0.4 is 4.74 Å². The number of likely N-dealkylation sites (N-methyl/N-ethyl adjacent to an activating group) is 1. The van der Waals surface area contributed by atoms with Crippen molar-refractivity contribution in [3.05, 3.63) is 29.3 Å². The van der Waals surface area contributed by atoms with Crippen LogP contribution >= 0.6 is 0 Å². The van der Waals surface area contributed by atoms with Crippen LogP contribution in [0.1, 0.15) is 17.5 Å². The van der Waals surface area contributed by atoms with E-state index in [0.717, 1.165) is 31.6 Å². The quantitative estimate of drug-likeness (QED) is 0.784. The van der Waals surface area contributed by atoms with Crippen LogP contribution in [0.3, 0.4) is 0 Å². The molecule has 0 heterocycles. The molecule has 96 valence electrons. The molecule has 0 aliphatic rings. The van der Waals surface area contributed by atoms with Crippen molar-refractivity contribution < 1.29 is 9.84 Å². The average Bonchev–Trinajstić information content (AvgIpc) is 2.33. The third-order valence-electron chi connectivity index (χ3n) is 2.80. The summed E-state index contributed by atoms with van der Waals surface area (Å²) in [5, 5.41) is 8.89. The Labute approximate surface area is 104 Å². The van der Waals surface area contributed by atoms with E-state index in [-0.39, 0.29) is 6.61 Å². The van der Waals surface area contributed by atoms with E-state index in [1.54, 1.807) is 7.11 Å². The first-order chi connectivity index (χ1) is 8.17. The first-order valence-electron chi connectivity index (χ1n) is 6.08. The van der Waals surface area contributed by atoms with Crippen molar-refractivity contribution in [1.29, 1.82) is 0 Å². The molecule has 3 heteroatoms. The number of nitrogens with zero attached hydrogens (tertiary/aromatic N) is 1. The highest BCUT2D eigenvalue weighted by Gasteiger charge is 2.04. The monoisotopic (exact) mass is 237 g/mol. The summed E-state index contributed by atoms with van der Waals surface area (Å²) in [5.41, 5.74) is 2.52. The summed E-state index contributed by atoms with van der Waals surface area (Å²) in [6.07, 6.45) is 2.70. The van der Waals surface area contributed by atoms with E-state index >= 15 is 0 Å². The summed E-state index contributed by atoms with van der Waals surface area (Å²) in [7, 11) is 5.85. The summed E-state index contributed by atoms with van der Waals surface area (Å²) >= 11 is 0. The van der Waals surface area contributed by atoms with Gasteiger partial charge >= 0.3 is 0 Å². The third-order valence-corrected chi connectivity index (χ3v) is 2.80. The summed E-state index contributed by atoms with van der Waals surface area (Å²) < 4.78 is 5.33. The molecular weight excluding hydrogens is 214 g/mol. The lowest BCUT2D eigenvalue weighted by Gasteiger charge is -2.12. The minimum Gasteiger partial charge on any atom is -0.496 e. The maximum atomic E-state index is 8.89. The number of ether oxygens (including phenoxy) is 1. The molecule has 0 fully saturated rings. The van der Waals surface area contributed by atoms with Crippen LogP contribution in [0.2, 0.25) is 0 Å². The first kappa shape index (κ1) is 14.0. The van der Waals surface area contributed by atoms with Crippen molar-refractivity contribution in [3.63, 3.8) is 0 Å². The lowest BCUT2D eigenvalue weighted by Crippen LogP contribution is -2.15. The normalized spacial score (nSPS) is 10.9. The van der Waals surface area contributed by atoms with Crippen LogP contribution in [0.25, 0.3) is 0 Å². The largest absolute Gasteiger partial charge is 0.496 e. The molecule has 0 aliphatic heterocycles. The molecule has 0 spiro atoms. The van der Waals surface area contributed by atoms with Gasteiger partial charge < -0.3 is 14.7 Å². The van der Waals surface area contributed by atoms with E-state index in [0.29, 0.717) is 0 Å². The molecule has 1 aromatic carbocycles. The van der Waals surface area contributed by atoms with Gasteiger partial charge in [-0.25, -0.2) is 0 Å². The molecule has 1 rings (SSSR count). The van der Waals surface area contributed by atoms with Crippen LogP contribution in [0.15, 0.2) is 18.2 Å². The van der Waals surface area contributed by atoms with Gasteiger partial charge in [-0.05, 0) is 50.6 Å². The third kappa shape index (κ3) is 4.75. The molecule has 3 nitrogen and oxygen atoms in total. The second-order valence-electron chi connectivity index (χ2n) is 4.53. The Balaban J connectivity index is 2.73. The summed E-state index contributed by atoms with van der Waals surface area (Å²) in [6, 6.07) is 6.33. The highest BCUT2D eigenvalue weighted by molar-refractivity contribution is 5.37. The van der Waals surface area contributed by atoms with Crippen molar-refractivity contribution in [2.24, 2.45) is 0 Å². The minimum absolute atomic E-state index is 0.227. The molecule has 0 saturated carbocycles. The van der Waals surface area contributed by atoms with Gasteiger partial charge in [0.1, 0.15) is 5.75 Å². The Morgan fingerprint density at radius 2 is 2.00 bits per heavy atom. The highest BCUT2D eigenvalue weighted by Crippen LogP contribution is 2.21. The summed E-state index contributed by atoms with van der Waals surface area (Å²) in [4.78, 5) is 2.18. The predicted octanol–water partition coefficient (Wildman–Crippen LogP) is 1.72. The van der Waals surface area contributed by atoms with E-state index in [4.69, 9.17) is 9.84 Å². The van der Waals surface area contributed by atoms with E-state index in [2.05, 4.69) is 31.1 Å². The van der Waals surface area contributed by atoms with Gasteiger partial charge in [0.05, 0.1) is 7.11 Å². The standard InChI is InChI=1S/C14H23NO2/c1-15(2)9-8-12-6-7-14(17-3)13(11-12)5-4-10-16/h6-7,11,16H,4-5,8-10H2,1-3H3. The van der Waals surface area contributed by atoms with Gasteiger partial charge in [-0.15, -0.1) is 0 Å². The molecule has 0 bridgehead atoms. The molecule has 0 unspecified atom stereocenters. The molecule has 0 amide bonds. The van der Waals surface area contributed by atoms with Gasteiger partial charge in [0.25, 0.3) is 0 Å². The second-order valence-corrected chi connectivity index (χ2v) is 4.53. The number of methoxy groups -OCH3 is 1. The molecule has 0 radical (unpaired) electrons. The topological polar surface area (TPSA) is 32.7 Å². The Hall–Kier alpha value is -1.06. The molecular formula is C14H23NO2. The van der Waals surface area contributed by atoms with Gasteiger partial charge in [0.2, 0.25) is 0 Å². The SMILES string of the molecule is COc1ccc(CCN(C)C)cc1CCCO. The molecule has 17 heavy (non-hydrogen) atoms. The van der Waals surface area contributed by atoms with Crippen LogP contribution in [0.5, 0.6) is 5.75 Å². The maximum absolute atomic E-state index is 8.89. The number of hydrogen-bond donors (Lipinski definition) is 1. The Kier molecular flexibility index (Phi) is 6.01. The summed E-state index contributed by atoms with van der Waals surface area (Å²) in [5.74, 6) is 0.923. The number of aliphatic hydroxyl groups excluding tert-OH is 1. The Bertz CT molecular complexity index is 337. The zero-order valence-corrected chi connectivity index (χ0v) is 11.1. The molecule has 0 aromatic heterocycles. The summed E-state index contributed by atoms with van der Waals surface area (Å²) in [6.45, 7) is 1.27. The van der Waals surface area contributed by atoms with Crippen molar-refractivity contribution in [2.75, 3.05) is 34.4 Å². The van der Waals surface area contributed by atoms with Gasteiger partial charge in [-0.2, -0.15) is 0 Å². The Morgan fingerprint density at radius 1 is 1.24 bits per heavy atom. The number of rotatable bonds is 7. The van der Waals surface area contributed by atoms with Crippen molar-refractivity contribution in [1.82, 2.24) is 4.90 Å². The zero-order chi connectivity index (χ0) is 12.7. The smallest absolute Gasteiger partial charge is 0.122 e. The fraction of sp³-hybridized carbons (Fsp3) is 0.571. The number of aryl methyl sites for hydroxylation is 1. The van der Waals surface area contributed by atoms with Crippen LogP contribution in [-0.2, 0) is 12.8 Å². The highest BCUT2D eigenvalue weighted by atomic mass is 16.5. The van der Waals surface area contributed by atoms with E-state index in [1.165, 1.54) is 11.1 Å². The van der Waals surface area contributed by atoms with Crippen molar-refractivity contribution >= 4 is 0 Å². The van der Waals surface area contributed by atoms with Gasteiger partial charge in [-0.1, -0.05) is 12.1 Å². The molecule has 1 aromatic rings. The lowest BCUT2D eigenvalue weighted by atomic mass is 10.0. The minimum atomic E-state index is 0.227. The first-order valence-corrected chi connectivity index (χ1v) is 6.08. The number of hydrogen-bond acceptors (Lipinski definition) is 3. The van der Waals surface area contributed by atoms with Crippen LogP contribution in [-0.4, -0.2) is 44.4 Å². The Morgan fingerprint density at radius 3 is 2.59 bits per heavy atom. The van der Waals surface area contributed by atoms with E-state index < -0.39 is 0 Å². The fourth-order valence-electron chi connectivity index (χ4n) is 1.81. The van der Waals surface area contributed by atoms with Crippen molar-refractivity contribution in [3.8, 4) is 5.75 Å². The van der Waals surface area contributed by atoms with Gasteiger partial charge in [-0.3, -0.25) is 0 Å². The number of aliphatic hydroxyl groups is 1. The lowest BCUT2D eigenvalue weighted by molar-refractivity contribution is 0.287. The van der Waals surface area contributed by atoms with Gasteiger partial charge in [0, 0.05) is 13.2 Å². The zero-order valence-electron chi connectivity index (χ0n) is 11.1. The predicted molar refractivity (Wildman–Crippen MR) is 70.7 cm³/mol. The van der Waals surface area contributed by atoms with E-state index in [1.807, 2.05) is 6.07 Å². The second kappa shape index (κ2) is 7.30. The average molecular weight is 237 g/mol. The van der Waals surface area contributed by atoms with Gasteiger partial charge in [0.15, 0.2) is 0 Å². The van der Waals surface area contributed by atoms with Crippen molar-refractivity contribution in [2.45, 2.75) is 19.3 Å². The van der Waals surface area contributed by atoms with E-state index in [9.17, 15) is 0 Å². The molecule has 0 aliphatic carbocycles. The van der Waals surface area contributed by atoms with Crippen LogP contribution in [0.4, 0.5) is 0 Å². The maximum Gasteiger partial charge on any atom is 0.122 e. The number of benzene rings is 1. The fourth-order valence-corrected chi connectivity index (χ4v) is 1.81. The molecule has 0 saturated heterocycles. The molecule has 1 N–H and O–H groups in total. The molecule has 0 atom stereocenters.